The van der Waals surface area contributed by atoms with Crippen LogP contribution < -0.4 is 5.32 Å². The fourth-order valence-electron chi connectivity index (χ4n) is 4.24. The Morgan fingerprint density at radius 3 is 2.87 bits per heavy atom. The molecule has 0 aliphatic carbocycles. The molecule has 1 aliphatic rings. The average Bonchev–Trinajstić information content (AvgIpc) is 3.40. The van der Waals surface area contributed by atoms with Crippen molar-refractivity contribution in [3.05, 3.63) is 83.1 Å². The van der Waals surface area contributed by atoms with Crippen molar-refractivity contribution < 1.29 is 4.39 Å². The number of hydrogen-bond donors (Lipinski definition) is 2. The first-order chi connectivity index (χ1) is 15.2. The monoisotopic (exact) mass is 416 g/mol. The van der Waals surface area contributed by atoms with E-state index in [1.807, 2.05) is 37.3 Å². The van der Waals surface area contributed by atoms with E-state index in [0.717, 1.165) is 59.0 Å². The predicted octanol–water partition coefficient (Wildman–Crippen LogP) is 4.40. The number of anilines is 1. The first-order valence-electron chi connectivity index (χ1n) is 10.6. The minimum Gasteiger partial charge on any atom is -0.362 e. The van der Waals surface area contributed by atoms with Crippen molar-refractivity contribution in [2.75, 3.05) is 18.4 Å². The van der Waals surface area contributed by atoms with Gasteiger partial charge in [0.25, 0.3) is 0 Å². The number of rotatable bonds is 6. The van der Waals surface area contributed by atoms with E-state index < -0.39 is 0 Å². The Hall–Kier alpha value is -3.32. The molecule has 5 rings (SSSR count). The van der Waals surface area contributed by atoms with Crippen molar-refractivity contribution in [2.45, 2.75) is 32.4 Å². The van der Waals surface area contributed by atoms with Crippen LogP contribution in [0.1, 0.15) is 35.0 Å². The molecule has 3 aromatic heterocycles. The Kier molecular flexibility index (Phi) is 5.34. The summed E-state index contributed by atoms with van der Waals surface area (Å²) >= 11 is 0. The van der Waals surface area contributed by atoms with Crippen LogP contribution in [-0.4, -0.2) is 38.2 Å². The van der Waals surface area contributed by atoms with Gasteiger partial charge in [-0.15, -0.1) is 0 Å². The van der Waals surface area contributed by atoms with Crippen molar-refractivity contribution in [1.82, 2.24) is 25.1 Å². The second-order valence-corrected chi connectivity index (χ2v) is 8.14. The van der Waals surface area contributed by atoms with Crippen molar-refractivity contribution in [2.24, 2.45) is 0 Å². The average molecular weight is 417 g/mol. The van der Waals surface area contributed by atoms with Crippen LogP contribution in [-0.2, 0) is 13.1 Å². The van der Waals surface area contributed by atoms with Gasteiger partial charge in [0.2, 0.25) is 0 Å². The molecule has 1 atom stereocenters. The molecule has 0 spiro atoms. The highest BCUT2D eigenvalue weighted by molar-refractivity contribution is 5.87. The molecule has 7 heteroatoms. The third kappa shape index (κ3) is 4.27. The number of aryl methyl sites for hydroxylation is 1. The Balaban J connectivity index is 1.26. The zero-order valence-electron chi connectivity index (χ0n) is 17.5. The topological polar surface area (TPSA) is 69.7 Å². The van der Waals surface area contributed by atoms with Crippen LogP contribution in [0.15, 0.2) is 54.6 Å². The zero-order chi connectivity index (χ0) is 21.2. The minimum absolute atomic E-state index is 0.135. The van der Waals surface area contributed by atoms with Crippen molar-refractivity contribution in [3.63, 3.8) is 0 Å². The van der Waals surface area contributed by atoms with Crippen LogP contribution in [0.3, 0.4) is 0 Å². The van der Waals surface area contributed by atoms with Gasteiger partial charge in [0.1, 0.15) is 5.82 Å². The lowest BCUT2D eigenvalue weighted by Gasteiger charge is -2.16. The van der Waals surface area contributed by atoms with Gasteiger partial charge in [-0.2, -0.15) is 5.10 Å². The number of halogens is 1. The Bertz CT molecular complexity index is 1200. The summed E-state index contributed by atoms with van der Waals surface area (Å²) in [4.78, 5) is 11.6. The van der Waals surface area contributed by atoms with Crippen molar-refractivity contribution in [1.29, 1.82) is 0 Å². The number of nitrogens with one attached hydrogen (secondary N) is 2. The number of benzene rings is 1. The van der Waals surface area contributed by atoms with Gasteiger partial charge in [-0.3, -0.25) is 15.0 Å². The summed E-state index contributed by atoms with van der Waals surface area (Å²) in [5.41, 5.74) is 4.56. The smallest absolute Gasteiger partial charge is 0.157 e. The van der Waals surface area contributed by atoms with E-state index in [-0.39, 0.29) is 5.82 Å². The highest BCUT2D eigenvalue weighted by Gasteiger charge is 2.26. The van der Waals surface area contributed by atoms with Gasteiger partial charge in [-0.25, -0.2) is 9.37 Å². The van der Waals surface area contributed by atoms with Gasteiger partial charge in [0.05, 0.1) is 17.6 Å². The van der Waals surface area contributed by atoms with Crippen LogP contribution in [0.4, 0.5) is 10.2 Å². The number of pyridine rings is 2. The summed E-state index contributed by atoms with van der Waals surface area (Å²) in [6.45, 7) is 5.05. The van der Waals surface area contributed by atoms with Crippen LogP contribution in [0.5, 0.6) is 0 Å². The molecule has 1 fully saturated rings. The van der Waals surface area contributed by atoms with Gasteiger partial charge in [-0.1, -0.05) is 24.3 Å². The Morgan fingerprint density at radius 2 is 2.00 bits per heavy atom. The fourth-order valence-corrected chi connectivity index (χ4v) is 4.24. The van der Waals surface area contributed by atoms with Crippen LogP contribution >= 0.6 is 0 Å². The lowest BCUT2D eigenvalue weighted by atomic mass is 10.0. The van der Waals surface area contributed by atoms with Crippen LogP contribution in [0.25, 0.3) is 11.0 Å². The molecule has 6 nitrogen and oxygen atoms in total. The van der Waals surface area contributed by atoms with Crippen LogP contribution in [0.2, 0.25) is 0 Å². The molecule has 4 heterocycles. The maximum absolute atomic E-state index is 14.0. The zero-order valence-corrected chi connectivity index (χ0v) is 17.5. The Morgan fingerprint density at radius 1 is 1.10 bits per heavy atom. The second kappa shape index (κ2) is 8.43. The quantitative estimate of drug-likeness (QED) is 0.488. The third-order valence-corrected chi connectivity index (χ3v) is 5.87. The summed E-state index contributed by atoms with van der Waals surface area (Å²) in [7, 11) is 0. The van der Waals surface area contributed by atoms with E-state index in [4.69, 9.17) is 4.98 Å². The van der Waals surface area contributed by atoms with Crippen molar-refractivity contribution >= 4 is 16.9 Å². The number of aromatic nitrogens is 4. The number of aromatic amines is 1. The molecule has 0 amide bonds. The highest BCUT2D eigenvalue weighted by atomic mass is 19.1. The molecule has 4 aromatic rings. The molecule has 1 aromatic carbocycles. The van der Waals surface area contributed by atoms with Gasteiger partial charge >= 0.3 is 0 Å². The summed E-state index contributed by atoms with van der Waals surface area (Å²) in [5.74, 6) is 0.987. The fraction of sp³-hybridized carbons (Fsp3) is 0.292. The van der Waals surface area contributed by atoms with Crippen LogP contribution in [0, 0.1) is 12.7 Å². The summed E-state index contributed by atoms with van der Waals surface area (Å²) < 4.78 is 14.0. The van der Waals surface area contributed by atoms with E-state index in [9.17, 15) is 4.39 Å². The second-order valence-electron chi connectivity index (χ2n) is 8.14. The van der Waals surface area contributed by atoms with E-state index in [1.54, 1.807) is 6.07 Å². The lowest BCUT2D eigenvalue weighted by molar-refractivity contribution is 0.320. The van der Waals surface area contributed by atoms with Gasteiger partial charge in [0, 0.05) is 36.0 Å². The lowest BCUT2D eigenvalue weighted by Crippen LogP contribution is -2.20. The third-order valence-electron chi connectivity index (χ3n) is 5.87. The first kappa shape index (κ1) is 19.6. The molecule has 158 valence electrons. The molecule has 0 saturated carbocycles. The standard InChI is InChI=1S/C24H25FN6/c1-16-5-4-7-19(27-16)13-26-23-20-9-10-22(28-24(20)30-29-23)18-11-12-31(15-18)14-17-6-2-3-8-21(17)25/h2-10,18H,11-15H2,1H3,(H2,26,28,29,30)/t18-/m0/s1. The molecule has 31 heavy (non-hydrogen) atoms. The maximum atomic E-state index is 14.0. The molecule has 0 radical (unpaired) electrons. The summed E-state index contributed by atoms with van der Waals surface area (Å²) in [6, 6.07) is 17.2. The van der Waals surface area contributed by atoms with E-state index in [0.29, 0.717) is 19.0 Å². The summed E-state index contributed by atoms with van der Waals surface area (Å²) in [6.07, 6.45) is 1.02. The minimum atomic E-state index is -0.135. The largest absolute Gasteiger partial charge is 0.362 e. The number of fused-ring (bicyclic) bond motifs is 1. The number of nitrogens with zero attached hydrogens (tertiary/aromatic N) is 4. The van der Waals surface area contributed by atoms with Gasteiger partial charge < -0.3 is 5.32 Å². The van der Waals surface area contributed by atoms with Gasteiger partial charge in [-0.05, 0) is 50.2 Å². The first-order valence-corrected chi connectivity index (χ1v) is 10.6. The normalized spacial score (nSPS) is 16.8. The van der Waals surface area contributed by atoms with E-state index >= 15 is 0 Å². The van der Waals surface area contributed by atoms with E-state index in [1.165, 1.54) is 6.07 Å². The highest BCUT2D eigenvalue weighted by Crippen LogP contribution is 2.29. The molecule has 1 saturated heterocycles. The Labute approximate surface area is 180 Å². The molecule has 2 N–H and O–H groups in total. The maximum Gasteiger partial charge on any atom is 0.157 e. The molecule has 0 unspecified atom stereocenters. The predicted molar refractivity (Wildman–Crippen MR) is 119 cm³/mol. The van der Waals surface area contributed by atoms with Crippen molar-refractivity contribution in [3.8, 4) is 0 Å². The van der Waals surface area contributed by atoms with Gasteiger partial charge in [0.15, 0.2) is 11.5 Å². The molecular weight excluding hydrogens is 391 g/mol. The molecular formula is C24H25FN6. The molecule has 0 bridgehead atoms. The SMILES string of the molecule is Cc1cccc(CNc2n[nH]c3nc([C@H]4CCN(Cc5ccccc5F)C4)ccc23)n1. The number of H-pyrrole nitrogens is 1. The molecule has 1 aliphatic heterocycles. The number of hydrogen-bond acceptors (Lipinski definition) is 5. The summed E-state index contributed by atoms with van der Waals surface area (Å²) in [5, 5.41) is 11.8. The van der Waals surface area contributed by atoms with E-state index in [2.05, 4.69) is 37.5 Å². The number of likely N-dealkylation sites (tertiary alicyclic amines) is 1.